The zero-order chi connectivity index (χ0) is 14.8. The maximum atomic E-state index is 12.9. The van der Waals surface area contributed by atoms with Crippen LogP contribution in [0.2, 0.25) is 0 Å². The number of nitrogens with two attached hydrogens (primary N) is 1. The highest BCUT2D eigenvalue weighted by Crippen LogP contribution is 2.30. The fourth-order valence-corrected chi connectivity index (χ4v) is 2.32. The number of nitrogens with one attached hydrogen (secondary N) is 1. The molecule has 0 saturated heterocycles. The van der Waals surface area contributed by atoms with E-state index in [1.807, 2.05) is 12.1 Å². The Bertz CT molecular complexity index is 670. The summed E-state index contributed by atoms with van der Waals surface area (Å²) in [6, 6.07) is 11.5. The monoisotopic (exact) mass is 286 g/mol. The number of halogens is 1. The molecule has 1 unspecified atom stereocenters. The average molecular weight is 286 g/mol. The van der Waals surface area contributed by atoms with E-state index in [1.54, 1.807) is 18.2 Å². The summed E-state index contributed by atoms with van der Waals surface area (Å²) in [6.45, 7) is 0.0357. The van der Waals surface area contributed by atoms with Gasteiger partial charge in [-0.3, -0.25) is 4.79 Å². The molecular formula is C16H15FN2O2. The molecule has 2 aromatic carbocycles. The van der Waals surface area contributed by atoms with E-state index >= 15 is 0 Å². The first kappa shape index (κ1) is 13.6. The van der Waals surface area contributed by atoms with Crippen molar-refractivity contribution in [2.24, 2.45) is 5.73 Å². The Labute approximate surface area is 121 Å². The molecule has 1 heterocycles. The largest absolute Gasteiger partial charge is 0.482 e. The standard InChI is InChI=1S/C16H15FN2O2/c17-12-4-1-10(2-5-12)7-13(18)11-3-6-15-14(8-11)19-16(20)9-21-15/h1-6,8,13H,7,9,18H2,(H,19,20). The molecule has 0 aromatic heterocycles. The van der Waals surface area contributed by atoms with Crippen LogP contribution in [0.5, 0.6) is 5.75 Å². The van der Waals surface area contributed by atoms with Crippen LogP contribution in [-0.4, -0.2) is 12.5 Å². The van der Waals surface area contributed by atoms with E-state index in [1.165, 1.54) is 12.1 Å². The second-order valence-electron chi connectivity index (χ2n) is 5.03. The topological polar surface area (TPSA) is 64.3 Å². The van der Waals surface area contributed by atoms with Crippen molar-refractivity contribution >= 4 is 11.6 Å². The van der Waals surface area contributed by atoms with E-state index < -0.39 is 0 Å². The second-order valence-corrected chi connectivity index (χ2v) is 5.03. The number of carbonyl (C=O) groups excluding carboxylic acids is 1. The van der Waals surface area contributed by atoms with E-state index in [2.05, 4.69) is 5.32 Å². The lowest BCUT2D eigenvalue weighted by atomic mass is 9.99. The quantitative estimate of drug-likeness (QED) is 0.910. The van der Waals surface area contributed by atoms with Gasteiger partial charge in [-0.2, -0.15) is 0 Å². The molecule has 0 aliphatic carbocycles. The van der Waals surface area contributed by atoms with Crippen LogP contribution in [0.25, 0.3) is 0 Å². The third-order valence-corrected chi connectivity index (χ3v) is 3.43. The highest BCUT2D eigenvalue weighted by molar-refractivity contribution is 5.95. The summed E-state index contributed by atoms with van der Waals surface area (Å²) in [6.07, 6.45) is 0.591. The molecule has 1 atom stereocenters. The van der Waals surface area contributed by atoms with Crippen LogP contribution in [-0.2, 0) is 11.2 Å². The van der Waals surface area contributed by atoms with E-state index in [0.717, 1.165) is 11.1 Å². The van der Waals surface area contributed by atoms with Crippen LogP contribution in [0.15, 0.2) is 42.5 Å². The molecule has 0 saturated carbocycles. The minimum atomic E-state index is -0.263. The number of amides is 1. The van der Waals surface area contributed by atoms with Crippen molar-refractivity contribution in [2.45, 2.75) is 12.5 Å². The Morgan fingerprint density at radius 2 is 2.00 bits per heavy atom. The second kappa shape index (κ2) is 5.54. The van der Waals surface area contributed by atoms with E-state index in [9.17, 15) is 9.18 Å². The van der Waals surface area contributed by atoms with Crippen molar-refractivity contribution in [3.05, 3.63) is 59.4 Å². The van der Waals surface area contributed by atoms with Crippen molar-refractivity contribution in [2.75, 3.05) is 11.9 Å². The van der Waals surface area contributed by atoms with Gasteiger partial charge >= 0.3 is 0 Å². The van der Waals surface area contributed by atoms with Gasteiger partial charge < -0.3 is 15.8 Å². The maximum absolute atomic E-state index is 12.9. The van der Waals surface area contributed by atoms with E-state index in [4.69, 9.17) is 10.5 Å². The summed E-state index contributed by atoms with van der Waals surface area (Å²) in [5.74, 6) is 0.208. The van der Waals surface area contributed by atoms with Gasteiger partial charge in [-0.1, -0.05) is 18.2 Å². The minimum Gasteiger partial charge on any atom is -0.482 e. The van der Waals surface area contributed by atoms with Gasteiger partial charge in [0.2, 0.25) is 0 Å². The molecular weight excluding hydrogens is 271 g/mol. The third-order valence-electron chi connectivity index (χ3n) is 3.43. The number of anilines is 1. The van der Waals surface area contributed by atoms with Crippen LogP contribution >= 0.6 is 0 Å². The van der Waals surface area contributed by atoms with Gasteiger partial charge in [0.1, 0.15) is 11.6 Å². The average Bonchev–Trinajstić information content (AvgIpc) is 2.48. The highest BCUT2D eigenvalue weighted by atomic mass is 19.1. The molecule has 21 heavy (non-hydrogen) atoms. The lowest BCUT2D eigenvalue weighted by molar-refractivity contribution is -0.118. The van der Waals surface area contributed by atoms with Gasteiger partial charge in [-0.25, -0.2) is 4.39 Å². The Hall–Kier alpha value is -2.40. The molecule has 4 nitrogen and oxygen atoms in total. The van der Waals surface area contributed by atoms with Crippen molar-refractivity contribution in [1.82, 2.24) is 0 Å². The molecule has 0 fully saturated rings. The smallest absolute Gasteiger partial charge is 0.262 e. The number of ether oxygens (including phenoxy) is 1. The Morgan fingerprint density at radius 1 is 1.24 bits per heavy atom. The van der Waals surface area contributed by atoms with Crippen molar-refractivity contribution in [3.8, 4) is 5.75 Å². The highest BCUT2D eigenvalue weighted by Gasteiger charge is 2.17. The fraction of sp³-hybridized carbons (Fsp3) is 0.188. The van der Waals surface area contributed by atoms with Gasteiger partial charge in [0.25, 0.3) is 5.91 Å². The minimum absolute atomic E-state index is 0.0357. The zero-order valence-corrected chi connectivity index (χ0v) is 11.3. The fourth-order valence-electron chi connectivity index (χ4n) is 2.32. The summed E-state index contributed by atoms with van der Waals surface area (Å²) in [7, 11) is 0. The van der Waals surface area contributed by atoms with Gasteiger partial charge in [0.05, 0.1) is 5.69 Å². The van der Waals surface area contributed by atoms with Crippen LogP contribution in [0, 0.1) is 5.82 Å². The Morgan fingerprint density at radius 3 is 2.76 bits per heavy atom. The molecule has 1 aliphatic heterocycles. The summed E-state index contributed by atoms with van der Waals surface area (Å²) in [4.78, 5) is 11.3. The van der Waals surface area contributed by atoms with E-state index in [-0.39, 0.29) is 24.4 Å². The molecule has 0 spiro atoms. The molecule has 1 aliphatic rings. The molecule has 3 rings (SSSR count). The van der Waals surface area contributed by atoms with Crippen LogP contribution in [0.4, 0.5) is 10.1 Å². The molecule has 1 amide bonds. The lowest BCUT2D eigenvalue weighted by Crippen LogP contribution is -2.25. The van der Waals surface area contributed by atoms with E-state index in [0.29, 0.717) is 17.9 Å². The maximum Gasteiger partial charge on any atom is 0.262 e. The van der Waals surface area contributed by atoms with Gasteiger partial charge in [0.15, 0.2) is 6.61 Å². The number of fused-ring (bicyclic) bond motifs is 1. The van der Waals surface area contributed by atoms with Crippen molar-refractivity contribution < 1.29 is 13.9 Å². The number of carbonyl (C=O) groups is 1. The predicted molar refractivity (Wildman–Crippen MR) is 77.6 cm³/mol. The first-order valence-corrected chi connectivity index (χ1v) is 6.68. The molecule has 3 N–H and O–H groups in total. The van der Waals surface area contributed by atoms with Crippen molar-refractivity contribution in [1.29, 1.82) is 0 Å². The number of rotatable bonds is 3. The number of hydrogen-bond donors (Lipinski definition) is 2. The Balaban J connectivity index is 1.78. The summed E-state index contributed by atoms with van der Waals surface area (Å²) in [5, 5.41) is 2.76. The number of hydrogen-bond acceptors (Lipinski definition) is 3. The SMILES string of the molecule is NC(Cc1ccc(F)cc1)c1ccc2c(c1)NC(=O)CO2. The van der Waals surface area contributed by atoms with Crippen LogP contribution < -0.4 is 15.8 Å². The normalized spacial score (nSPS) is 14.9. The van der Waals surface area contributed by atoms with Crippen LogP contribution in [0.3, 0.4) is 0 Å². The first-order valence-electron chi connectivity index (χ1n) is 6.68. The summed E-state index contributed by atoms with van der Waals surface area (Å²) in [5.41, 5.74) is 8.68. The zero-order valence-electron chi connectivity index (χ0n) is 11.3. The molecule has 0 radical (unpaired) electrons. The molecule has 2 aromatic rings. The van der Waals surface area contributed by atoms with Crippen molar-refractivity contribution in [3.63, 3.8) is 0 Å². The third kappa shape index (κ3) is 3.03. The lowest BCUT2D eigenvalue weighted by Gasteiger charge is -2.20. The van der Waals surface area contributed by atoms with Gasteiger partial charge in [0, 0.05) is 6.04 Å². The molecule has 0 bridgehead atoms. The van der Waals surface area contributed by atoms with Gasteiger partial charge in [-0.05, 0) is 41.8 Å². The number of benzene rings is 2. The molecule has 108 valence electrons. The first-order chi connectivity index (χ1) is 10.1. The van der Waals surface area contributed by atoms with Gasteiger partial charge in [-0.15, -0.1) is 0 Å². The molecule has 5 heteroatoms. The summed E-state index contributed by atoms with van der Waals surface area (Å²) < 4.78 is 18.2. The Kier molecular flexibility index (Phi) is 3.58. The van der Waals surface area contributed by atoms with Crippen LogP contribution in [0.1, 0.15) is 17.2 Å². The summed E-state index contributed by atoms with van der Waals surface area (Å²) >= 11 is 0. The predicted octanol–water partition coefficient (Wildman–Crippen LogP) is 2.40.